The standard InChI is InChI=1S/C21H26O4/c1-16(2)15-24-20(22)10-4-3-5-11-21(23)25-19-13-12-17-8-6-7-9-18(17)14-19/h6-9,12-14,16H,3-5,10-11,15H2,1-2H3. The first-order valence-corrected chi connectivity index (χ1v) is 8.89. The SMILES string of the molecule is CC(C)COC(=O)CCCCCC(=O)Oc1ccc2ccccc2c1. The van der Waals surface area contributed by atoms with Gasteiger partial charge in [0.2, 0.25) is 0 Å². The van der Waals surface area contributed by atoms with Crippen LogP contribution in [-0.2, 0) is 14.3 Å². The molecule has 0 saturated heterocycles. The third kappa shape index (κ3) is 6.96. The maximum atomic E-state index is 11.9. The molecule has 134 valence electrons. The van der Waals surface area contributed by atoms with E-state index in [1.165, 1.54) is 0 Å². The van der Waals surface area contributed by atoms with E-state index < -0.39 is 0 Å². The zero-order valence-electron chi connectivity index (χ0n) is 15.0. The van der Waals surface area contributed by atoms with Crippen LogP contribution < -0.4 is 4.74 Å². The molecule has 25 heavy (non-hydrogen) atoms. The Hall–Kier alpha value is -2.36. The van der Waals surface area contributed by atoms with Gasteiger partial charge in [-0.1, -0.05) is 50.6 Å². The summed E-state index contributed by atoms with van der Waals surface area (Å²) in [6.45, 7) is 4.49. The number of fused-ring (bicyclic) bond motifs is 1. The van der Waals surface area contributed by atoms with E-state index in [0.717, 1.165) is 23.6 Å². The number of carbonyl (C=O) groups is 2. The van der Waals surface area contributed by atoms with Crippen molar-refractivity contribution >= 4 is 22.7 Å². The van der Waals surface area contributed by atoms with Gasteiger partial charge in [0.1, 0.15) is 5.75 Å². The minimum atomic E-state index is -0.238. The molecule has 0 radical (unpaired) electrons. The number of hydrogen-bond acceptors (Lipinski definition) is 4. The summed E-state index contributed by atoms with van der Waals surface area (Å²) in [4.78, 5) is 23.4. The van der Waals surface area contributed by atoms with Gasteiger partial charge in [-0.05, 0) is 41.7 Å². The van der Waals surface area contributed by atoms with E-state index in [1.807, 2.05) is 56.3 Å². The molecule has 0 N–H and O–H groups in total. The van der Waals surface area contributed by atoms with Crippen LogP contribution in [-0.4, -0.2) is 18.5 Å². The lowest BCUT2D eigenvalue weighted by molar-refractivity contribution is -0.144. The van der Waals surface area contributed by atoms with E-state index in [4.69, 9.17) is 9.47 Å². The lowest BCUT2D eigenvalue weighted by Crippen LogP contribution is -2.10. The maximum absolute atomic E-state index is 11.9. The highest BCUT2D eigenvalue weighted by atomic mass is 16.5. The molecule has 0 aliphatic carbocycles. The highest BCUT2D eigenvalue weighted by molar-refractivity contribution is 5.84. The van der Waals surface area contributed by atoms with Gasteiger partial charge in [-0.2, -0.15) is 0 Å². The molecule has 0 amide bonds. The summed E-state index contributed by atoms with van der Waals surface area (Å²) in [5.41, 5.74) is 0. The van der Waals surface area contributed by atoms with Crippen LogP contribution >= 0.6 is 0 Å². The van der Waals surface area contributed by atoms with Crippen molar-refractivity contribution in [3.8, 4) is 5.75 Å². The smallest absolute Gasteiger partial charge is 0.311 e. The molecule has 0 heterocycles. The van der Waals surface area contributed by atoms with Crippen LogP contribution in [0, 0.1) is 5.92 Å². The molecule has 4 nitrogen and oxygen atoms in total. The fourth-order valence-corrected chi connectivity index (χ4v) is 2.46. The van der Waals surface area contributed by atoms with E-state index in [0.29, 0.717) is 37.5 Å². The molecule has 0 aromatic heterocycles. The molecule has 2 rings (SSSR count). The molecular weight excluding hydrogens is 316 g/mol. The molecule has 0 fully saturated rings. The first-order chi connectivity index (χ1) is 12.0. The van der Waals surface area contributed by atoms with Crippen molar-refractivity contribution in [3.05, 3.63) is 42.5 Å². The summed E-state index contributed by atoms with van der Waals surface area (Å²) >= 11 is 0. The molecule has 0 aliphatic heterocycles. The summed E-state index contributed by atoms with van der Waals surface area (Å²) in [7, 11) is 0. The van der Waals surface area contributed by atoms with Gasteiger partial charge in [-0.3, -0.25) is 9.59 Å². The number of carbonyl (C=O) groups excluding carboxylic acids is 2. The van der Waals surface area contributed by atoms with Gasteiger partial charge in [0.05, 0.1) is 6.61 Å². The third-order valence-electron chi connectivity index (χ3n) is 3.79. The van der Waals surface area contributed by atoms with E-state index in [2.05, 4.69) is 0 Å². The summed E-state index contributed by atoms with van der Waals surface area (Å²) in [6.07, 6.45) is 3.02. The van der Waals surface area contributed by atoms with Crippen molar-refractivity contribution in [1.29, 1.82) is 0 Å². The van der Waals surface area contributed by atoms with Crippen LogP contribution in [0.2, 0.25) is 0 Å². The van der Waals surface area contributed by atoms with Gasteiger partial charge in [-0.15, -0.1) is 0 Å². The highest BCUT2D eigenvalue weighted by Gasteiger charge is 2.07. The zero-order chi connectivity index (χ0) is 18.1. The molecule has 0 spiro atoms. The Balaban J connectivity index is 1.64. The lowest BCUT2D eigenvalue weighted by Gasteiger charge is -2.07. The lowest BCUT2D eigenvalue weighted by atomic mass is 10.1. The van der Waals surface area contributed by atoms with E-state index in [9.17, 15) is 9.59 Å². The van der Waals surface area contributed by atoms with Crippen LogP contribution in [0.25, 0.3) is 10.8 Å². The Morgan fingerprint density at radius 2 is 1.56 bits per heavy atom. The average molecular weight is 342 g/mol. The molecule has 0 atom stereocenters. The molecule has 0 unspecified atom stereocenters. The fraction of sp³-hybridized carbons (Fsp3) is 0.429. The quantitative estimate of drug-likeness (QED) is 0.370. The van der Waals surface area contributed by atoms with Crippen molar-refractivity contribution in [2.45, 2.75) is 46.0 Å². The largest absolute Gasteiger partial charge is 0.465 e. The Morgan fingerprint density at radius 1 is 0.880 bits per heavy atom. The topological polar surface area (TPSA) is 52.6 Å². The normalized spacial score (nSPS) is 10.8. The number of rotatable bonds is 9. The van der Waals surface area contributed by atoms with E-state index >= 15 is 0 Å². The van der Waals surface area contributed by atoms with Crippen LogP contribution in [0.1, 0.15) is 46.0 Å². The molecule has 4 heteroatoms. The van der Waals surface area contributed by atoms with Crippen LogP contribution in [0.5, 0.6) is 5.75 Å². The second kappa shape index (κ2) is 9.82. The van der Waals surface area contributed by atoms with Crippen molar-refractivity contribution in [2.75, 3.05) is 6.61 Å². The maximum Gasteiger partial charge on any atom is 0.311 e. The van der Waals surface area contributed by atoms with Crippen molar-refractivity contribution < 1.29 is 19.1 Å². The molecule has 0 saturated carbocycles. The van der Waals surface area contributed by atoms with Crippen LogP contribution in [0.4, 0.5) is 0 Å². The fourth-order valence-electron chi connectivity index (χ4n) is 2.46. The van der Waals surface area contributed by atoms with E-state index in [1.54, 1.807) is 0 Å². The Kier molecular flexibility index (Phi) is 7.45. The molecule has 2 aromatic rings. The Labute approximate surface area is 149 Å². The van der Waals surface area contributed by atoms with Crippen LogP contribution in [0.3, 0.4) is 0 Å². The van der Waals surface area contributed by atoms with Gasteiger partial charge in [-0.25, -0.2) is 0 Å². The first-order valence-electron chi connectivity index (χ1n) is 8.89. The third-order valence-corrected chi connectivity index (χ3v) is 3.79. The number of benzene rings is 2. The molecule has 0 aliphatic rings. The second-order valence-electron chi connectivity index (χ2n) is 6.62. The summed E-state index contributed by atoms with van der Waals surface area (Å²) in [5, 5.41) is 2.17. The van der Waals surface area contributed by atoms with Gasteiger partial charge in [0, 0.05) is 12.8 Å². The summed E-state index contributed by atoms with van der Waals surface area (Å²) < 4.78 is 10.5. The van der Waals surface area contributed by atoms with Gasteiger partial charge in [0.15, 0.2) is 0 Å². The van der Waals surface area contributed by atoms with Crippen molar-refractivity contribution in [1.82, 2.24) is 0 Å². The molecule has 0 bridgehead atoms. The first kappa shape index (κ1) is 19.0. The number of esters is 2. The Bertz CT molecular complexity index is 706. The number of unbranched alkanes of at least 4 members (excludes halogenated alkanes) is 2. The average Bonchev–Trinajstić information content (AvgIpc) is 2.59. The number of ether oxygens (including phenoxy) is 2. The summed E-state index contributed by atoms with van der Waals surface area (Å²) in [5.74, 6) is 0.528. The molecular formula is C21H26O4. The molecule has 2 aromatic carbocycles. The van der Waals surface area contributed by atoms with Crippen molar-refractivity contribution in [2.24, 2.45) is 5.92 Å². The van der Waals surface area contributed by atoms with E-state index in [-0.39, 0.29) is 11.9 Å². The number of hydrogen-bond donors (Lipinski definition) is 0. The van der Waals surface area contributed by atoms with Gasteiger partial charge < -0.3 is 9.47 Å². The van der Waals surface area contributed by atoms with Crippen LogP contribution in [0.15, 0.2) is 42.5 Å². The highest BCUT2D eigenvalue weighted by Crippen LogP contribution is 2.21. The summed E-state index contributed by atoms with van der Waals surface area (Å²) in [6, 6.07) is 13.6. The second-order valence-corrected chi connectivity index (χ2v) is 6.62. The predicted octanol–water partition coefficient (Wildman–Crippen LogP) is 4.89. The van der Waals surface area contributed by atoms with Gasteiger partial charge in [0.25, 0.3) is 0 Å². The monoisotopic (exact) mass is 342 g/mol. The van der Waals surface area contributed by atoms with Gasteiger partial charge >= 0.3 is 11.9 Å². The minimum Gasteiger partial charge on any atom is -0.465 e. The zero-order valence-corrected chi connectivity index (χ0v) is 15.0. The predicted molar refractivity (Wildman–Crippen MR) is 98.5 cm³/mol. The Morgan fingerprint density at radius 3 is 2.28 bits per heavy atom. The minimum absolute atomic E-state index is 0.160. The van der Waals surface area contributed by atoms with Crippen molar-refractivity contribution in [3.63, 3.8) is 0 Å².